The molecule has 0 aromatic heterocycles. The third-order valence-electron chi connectivity index (χ3n) is 6.41. The minimum absolute atomic E-state index is 0.0716. The number of carbonyl (C=O) groups excluding carboxylic acids is 1. The van der Waals surface area contributed by atoms with E-state index in [4.69, 9.17) is 0 Å². The summed E-state index contributed by atoms with van der Waals surface area (Å²) in [6.45, 7) is 2.12. The summed E-state index contributed by atoms with van der Waals surface area (Å²) in [7, 11) is -3.66. The molecule has 0 aliphatic heterocycles. The summed E-state index contributed by atoms with van der Waals surface area (Å²) in [5.74, 6) is 1.32. The highest BCUT2D eigenvalue weighted by atomic mass is 32.2. The second-order valence-electron chi connectivity index (χ2n) is 8.15. The monoisotopic (exact) mass is 444 g/mol. The van der Waals surface area contributed by atoms with Crippen LogP contribution in [-0.4, -0.2) is 33.2 Å². The molecule has 2 aromatic carbocycles. The van der Waals surface area contributed by atoms with E-state index >= 15 is 0 Å². The Bertz CT molecular complexity index is 1000. The Morgan fingerprint density at radius 1 is 1.07 bits per heavy atom. The van der Waals surface area contributed by atoms with Crippen molar-refractivity contribution in [2.45, 2.75) is 48.4 Å². The van der Waals surface area contributed by atoms with E-state index in [0.29, 0.717) is 23.7 Å². The van der Waals surface area contributed by atoms with Crippen LogP contribution in [0, 0.1) is 11.8 Å². The fourth-order valence-electron chi connectivity index (χ4n) is 4.82. The van der Waals surface area contributed by atoms with Crippen LogP contribution in [0.15, 0.2) is 58.3 Å². The molecule has 0 heterocycles. The molecule has 0 radical (unpaired) electrons. The first kappa shape index (κ1) is 21.2. The van der Waals surface area contributed by atoms with E-state index < -0.39 is 10.0 Å². The van der Waals surface area contributed by atoms with Gasteiger partial charge in [-0.25, -0.2) is 8.42 Å². The van der Waals surface area contributed by atoms with Crippen molar-refractivity contribution in [2.75, 3.05) is 17.1 Å². The fraction of sp³-hybridized carbons (Fsp3) is 0.435. The number of benzene rings is 2. The van der Waals surface area contributed by atoms with Gasteiger partial charge in [-0.2, -0.15) is 0 Å². The molecule has 0 saturated heterocycles. The van der Waals surface area contributed by atoms with Gasteiger partial charge in [0.1, 0.15) is 0 Å². The number of carbonyl (C=O) groups is 1. The average Bonchev–Trinajstić information content (AvgIpc) is 3.38. The topological polar surface area (TPSA) is 66.5 Å². The van der Waals surface area contributed by atoms with Crippen molar-refractivity contribution in [3.63, 3.8) is 0 Å². The van der Waals surface area contributed by atoms with E-state index in [1.807, 2.05) is 25.3 Å². The average molecular weight is 445 g/mol. The summed E-state index contributed by atoms with van der Waals surface area (Å²) in [6.07, 6.45) is 6.80. The Balaban J connectivity index is 1.49. The van der Waals surface area contributed by atoms with E-state index in [2.05, 4.69) is 5.32 Å². The van der Waals surface area contributed by atoms with Gasteiger partial charge in [0.05, 0.1) is 10.6 Å². The summed E-state index contributed by atoms with van der Waals surface area (Å²) in [6, 6.07) is 14.1. The number of anilines is 1. The lowest BCUT2D eigenvalue weighted by molar-refractivity contribution is 0.0923. The van der Waals surface area contributed by atoms with E-state index in [-0.39, 0.29) is 16.8 Å². The molecule has 0 unspecified atom stereocenters. The number of amides is 1. The van der Waals surface area contributed by atoms with Gasteiger partial charge in [-0.15, -0.1) is 11.8 Å². The second-order valence-corrected chi connectivity index (χ2v) is 10.9. The molecule has 2 bridgehead atoms. The molecule has 2 saturated carbocycles. The third-order valence-corrected chi connectivity index (χ3v) is 9.07. The van der Waals surface area contributed by atoms with Gasteiger partial charge >= 0.3 is 0 Å². The van der Waals surface area contributed by atoms with E-state index in [0.717, 1.165) is 17.2 Å². The highest BCUT2D eigenvalue weighted by Gasteiger charge is 2.40. The zero-order valence-corrected chi connectivity index (χ0v) is 19.0. The molecule has 5 nitrogen and oxygen atoms in total. The summed E-state index contributed by atoms with van der Waals surface area (Å²) < 4.78 is 27.6. The van der Waals surface area contributed by atoms with Crippen LogP contribution in [-0.2, 0) is 10.0 Å². The van der Waals surface area contributed by atoms with Crippen LogP contribution in [0.1, 0.15) is 43.0 Å². The molecule has 30 heavy (non-hydrogen) atoms. The van der Waals surface area contributed by atoms with Crippen molar-refractivity contribution >= 4 is 33.4 Å². The third kappa shape index (κ3) is 4.10. The highest BCUT2D eigenvalue weighted by Crippen LogP contribution is 2.44. The Kier molecular flexibility index (Phi) is 6.11. The van der Waals surface area contributed by atoms with Crippen molar-refractivity contribution in [1.82, 2.24) is 5.32 Å². The Morgan fingerprint density at radius 2 is 1.77 bits per heavy atom. The summed E-state index contributed by atoms with van der Waals surface area (Å²) in [4.78, 5) is 13.9. The SMILES string of the molecule is CCN(c1ccc(C(=O)N[C@H]2C[C@H]3CC[C@H]2C3)cc1)S(=O)(=O)c1ccc(SC)cc1. The number of hydrogen-bond donors (Lipinski definition) is 1. The smallest absolute Gasteiger partial charge is 0.264 e. The number of rotatable bonds is 7. The van der Waals surface area contributed by atoms with Crippen molar-refractivity contribution in [3.05, 3.63) is 54.1 Å². The van der Waals surface area contributed by atoms with Crippen LogP contribution in [0.5, 0.6) is 0 Å². The number of nitrogens with zero attached hydrogens (tertiary/aromatic N) is 1. The maximum atomic E-state index is 13.1. The molecule has 2 aromatic rings. The van der Waals surface area contributed by atoms with Crippen molar-refractivity contribution in [2.24, 2.45) is 11.8 Å². The Labute approximate surface area is 183 Å². The lowest BCUT2D eigenvalue weighted by Crippen LogP contribution is -2.38. The normalized spacial score (nSPS) is 22.8. The number of fused-ring (bicyclic) bond motifs is 2. The van der Waals surface area contributed by atoms with Crippen LogP contribution in [0.4, 0.5) is 5.69 Å². The predicted octanol–water partition coefficient (Wildman–Crippen LogP) is 4.54. The van der Waals surface area contributed by atoms with Crippen LogP contribution in [0.25, 0.3) is 0 Å². The lowest BCUT2D eigenvalue weighted by Gasteiger charge is -2.24. The van der Waals surface area contributed by atoms with Gasteiger partial charge in [0.25, 0.3) is 15.9 Å². The van der Waals surface area contributed by atoms with Gasteiger partial charge in [0.2, 0.25) is 0 Å². The van der Waals surface area contributed by atoms with Gasteiger partial charge in [-0.05, 0) is 92.8 Å². The molecule has 1 amide bonds. The van der Waals surface area contributed by atoms with Crippen LogP contribution < -0.4 is 9.62 Å². The molecular weight excluding hydrogens is 416 g/mol. The van der Waals surface area contributed by atoms with Crippen LogP contribution in [0.3, 0.4) is 0 Å². The fourth-order valence-corrected chi connectivity index (χ4v) is 6.70. The lowest BCUT2D eigenvalue weighted by atomic mass is 9.95. The molecule has 2 aliphatic carbocycles. The number of sulfonamides is 1. The first-order valence-corrected chi connectivity index (χ1v) is 13.2. The predicted molar refractivity (Wildman–Crippen MR) is 122 cm³/mol. The molecule has 2 aliphatic rings. The minimum atomic E-state index is -3.66. The molecular formula is C23H28N2O3S2. The minimum Gasteiger partial charge on any atom is -0.349 e. The van der Waals surface area contributed by atoms with Gasteiger partial charge in [0.15, 0.2) is 0 Å². The van der Waals surface area contributed by atoms with E-state index in [1.165, 1.54) is 23.6 Å². The zero-order valence-electron chi connectivity index (χ0n) is 17.4. The largest absolute Gasteiger partial charge is 0.349 e. The molecule has 0 spiro atoms. The van der Waals surface area contributed by atoms with Crippen molar-refractivity contribution < 1.29 is 13.2 Å². The molecule has 160 valence electrons. The van der Waals surface area contributed by atoms with Crippen LogP contribution in [0.2, 0.25) is 0 Å². The second kappa shape index (κ2) is 8.63. The van der Waals surface area contributed by atoms with E-state index in [1.54, 1.807) is 48.2 Å². The van der Waals surface area contributed by atoms with Gasteiger partial charge in [-0.1, -0.05) is 6.42 Å². The molecule has 3 atom stereocenters. The van der Waals surface area contributed by atoms with Crippen molar-refractivity contribution in [3.8, 4) is 0 Å². The first-order valence-electron chi connectivity index (χ1n) is 10.5. The summed E-state index contributed by atoms with van der Waals surface area (Å²) in [5.41, 5.74) is 1.13. The van der Waals surface area contributed by atoms with E-state index in [9.17, 15) is 13.2 Å². The zero-order chi connectivity index (χ0) is 21.3. The quantitative estimate of drug-likeness (QED) is 0.637. The van der Waals surface area contributed by atoms with Crippen LogP contribution >= 0.6 is 11.8 Å². The molecule has 1 N–H and O–H groups in total. The number of thioether (sulfide) groups is 1. The standard InChI is InChI=1S/C23H28N2O3S2/c1-3-25(30(27,28)21-12-10-20(29-2)11-13-21)19-8-6-17(7-9-19)23(26)24-22-15-16-4-5-18(22)14-16/h6-13,16,18,22H,3-5,14-15H2,1-2H3,(H,24,26)/t16-,18-,22-/m0/s1. The Morgan fingerprint density at radius 3 is 2.30 bits per heavy atom. The molecule has 2 fully saturated rings. The first-order chi connectivity index (χ1) is 14.4. The van der Waals surface area contributed by atoms with Gasteiger partial charge < -0.3 is 5.32 Å². The molecule has 4 rings (SSSR count). The highest BCUT2D eigenvalue weighted by molar-refractivity contribution is 7.98. The number of nitrogens with one attached hydrogen (secondary N) is 1. The maximum Gasteiger partial charge on any atom is 0.264 e. The Hall–Kier alpha value is -1.99. The summed E-state index contributed by atoms with van der Waals surface area (Å²) >= 11 is 1.57. The maximum absolute atomic E-state index is 13.1. The van der Waals surface area contributed by atoms with Gasteiger partial charge in [-0.3, -0.25) is 9.10 Å². The number of hydrogen-bond acceptors (Lipinski definition) is 4. The molecule has 7 heteroatoms. The summed E-state index contributed by atoms with van der Waals surface area (Å²) in [5, 5.41) is 3.18. The van der Waals surface area contributed by atoms with Crippen molar-refractivity contribution in [1.29, 1.82) is 0 Å². The van der Waals surface area contributed by atoms with Gasteiger partial charge in [0, 0.05) is 23.0 Å².